The van der Waals surface area contributed by atoms with E-state index in [1.807, 2.05) is 38.1 Å². The third-order valence-electron chi connectivity index (χ3n) is 5.21. The van der Waals surface area contributed by atoms with Crippen LogP contribution in [-0.2, 0) is 4.79 Å². The van der Waals surface area contributed by atoms with Crippen LogP contribution in [0, 0.1) is 13.8 Å². The Balaban J connectivity index is 1.77. The Morgan fingerprint density at radius 2 is 2.08 bits per heavy atom. The highest BCUT2D eigenvalue weighted by atomic mass is 16.5. The summed E-state index contributed by atoms with van der Waals surface area (Å²) in [6.07, 6.45) is 6.01. The van der Waals surface area contributed by atoms with Gasteiger partial charge in [0.1, 0.15) is 11.6 Å². The fraction of sp³-hybridized carbons (Fsp3) is 0.632. The van der Waals surface area contributed by atoms with E-state index in [4.69, 9.17) is 4.52 Å². The van der Waals surface area contributed by atoms with Gasteiger partial charge in [0.05, 0.1) is 17.7 Å². The van der Waals surface area contributed by atoms with Crippen LogP contribution in [0.1, 0.15) is 74.3 Å². The summed E-state index contributed by atoms with van der Waals surface area (Å²) in [6, 6.07) is 0.300. The zero-order valence-corrected chi connectivity index (χ0v) is 15.8. The first-order valence-electron chi connectivity index (χ1n) is 9.14. The lowest BCUT2D eigenvalue weighted by Gasteiger charge is -2.35. The van der Waals surface area contributed by atoms with E-state index < -0.39 is 0 Å². The molecule has 1 aliphatic rings. The number of rotatable bonds is 4. The van der Waals surface area contributed by atoms with Gasteiger partial charge in [-0.2, -0.15) is 0 Å². The summed E-state index contributed by atoms with van der Waals surface area (Å²) < 4.78 is 7.50. The fourth-order valence-corrected chi connectivity index (χ4v) is 3.97. The second kappa shape index (κ2) is 7.02. The topological polar surface area (TPSA) is 64.2 Å². The highest BCUT2D eigenvalue weighted by Crippen LogP contribution is 2.30. The van der Waals surface area contributed by atoms with Crippen LogP contribution in [0.4, 0.5) is 0 Å². The van der Waals surface area contributed by atoms with Gasteiger partial charge in [-0.25, -0.2) is 4.98 Å². The SMILES string of the molecule is Cc1noc(C)c1[C@H](C)C(=O)N1CCC[C@H](n2ccnc2C(C)C)C1. The standard InChI is InChI=1S/C19H28N4O2/c1-12(2)18-20-8-10-23(18)16-7-6-9-22(11-16)19(24)13(3)17-14(4)21-25-15(17)5/h8,10,12-13,16H,6-7,9,11H2,1-5H3/t13-,16-/m0/s1. The first-order chi connectivity index (χ1) is 11.9. The lowest BCUT2D eigenvalue weighted by molar-refractivity contribution is -0.134. The van der Waals surface area contributed by atoms with Crippen molar-refractivity contribution in [1.82, 2.24) is 19.6 Å². The van der Waals surface area contributed by atoms with E-state index >= 15 is 0 Å². The predicted octanol–water partition coefficient (Wildman–Crippen LogP) is 3.58. The molecule has 2 aromatic heterocycles. The molecule has 3 rings (SSSR count). The van der Waals surface area contributed by atoms with E-state index in [2.05, 4.69) is 28.6 Å². The zero-order valence-electron chi connectivity index (χ0n) is 15.8. The van der Waals surface area contributed by atoms with Crippen molar-refractivity contribution in [3.05, 3.63) is 35.2 Å². The van der Waals surface area contributed by atoms with Crippen molar-refractivity contribution >= 4 is 5.91 Å². The largest absolute Gasteiger partial charge is 0.361 e. The van der Waals surface area contributed by atoms with E-state index in [0.29, 0.717) is 12.0 Å². The second-order valence-electron chi connectivity index (χ2n) is 7.39. The lowest BCUT2D eigenvalue weighted by atomic mass is 9.96. The molecule has 2 aromatic rings. The van der Waals surface area contributed by atoms with Crippen molar-refractivity contribution in [2.24, 2.45) is 0 Å². The lowest BCUT2D eigenvalue weighted by Crippen LogP contribution is -2.42. The smallest absolute Gasteiger partial charge is 0.230 e. The molecule has 1 amide bonds. The van der Waals surface area contributed by atoms with Gasteiger partial charge >= 0.3 is 0 Å². The van der Waals surface area contributed by atoms with Crippen LogP contribution < -0.4 is 0 Å². The zero-order chi connectivity index (χ0) is 18.1. The summed E-state index contributed by atoms with van der Waals surface area (Å²) in [6.45, 7) is 11.6. The normalized spacial score (nSPS) is 19.4. The average molecular weight is 344 g/mol. The molecule has 0 radical (unpaired) electrons. The number of hydrogen-bond donors (Lipinski definition) is 0. The number of piperidine rings is 1. The number of nitrogens with zero attached hydrogens (tertiary/aromatic N) is 4. The first-order valence-corrected chi connectivity index (χ1v) is 9.14. The van der Waals surface area contributed by atoms with E-state index in [1.165, 1.54) is 0 Å². The molecule has 0 spiro atoms. The number of carbonyl (C=O) groups is 1. The van der Waals surface area contributed by atoms with Crippen LogP contribution >= 0.6 is 0 Å². The van der Waals surface area contributed by atoms with Gasteiger partial charge in [0.2, 0.25) is 5.91 Å². The molecule has 6 heteroatoms. The average Bonchev–Trinajstić information content (AvgIpc) is 3.21. The molecule has 1 saturated heterocycles. The maximum Gasteiger partial charge on any atom is 0.230 e. The fourth-order valence-electron chi connectivity index (χ4n) is 3.97. The number of hydrogen-bond acceptors (Lipinski definition) is 4. The molecular formula is C19H28N4O2. The molecule has 0 saturated carbocycles. The number of amides is 1. The Labute approximate surface area is 149 Å². The van der Waals surface area contributed by atoms with Crippen molar-refractivity contribution in [3.63, 3.8) is 0 Å². The van der Waals surface area contributed by atoms with Crippen molar-refractivity contribution in [3.8, 4) is 0 Å². The predicted molar refractivity (Wildman–Crippen MR) is 95.6 cm³/mol. The molecular weight excluding hydrogens is 316 g/mol. The van der Waals surface area contributed by atoms with Crippen molar-refractivity contribution in [2.75, 3.05) is 13.1 Å². The van der Waals surface area contributed by atoms with Crippen LogP contribution in [0.2, 0.25) is 0 Å². The van der Waals surface area contributed by atoms with E-state index in [-0.39, 0.29) is 11.8 Å². The Hall–Kier alpha value is -2.11. The molecule has 0 unspecified atom stereocenters. The third kappa shape index (κ3) is 3.34. The Morgan fingerprint density at radius 3 is 2.72 bits per heavy atom. The van der Waals surface area contributed by atoms with Crippen molar-refractivity contribution in [2.45, 2.75) is 65.3 Å². The summed E-state index contributed by atoms with van der Waals surface area (Å²) >= 11 is 0. The number of likely N-dealkylation sites (tertiary alicyclic amines) is 1. The Bertz CT molecular complexity index is 727. The number of aromatic nitrogens is 3. The van der Waals surface area contributed by atoms with Gasteiger partial charge in [-0.3, -0.25) is 4.79 Å². The summed E-state index contributed by atoms with van der Waals surface area (Å²) in [5.41, 5.74) is 1.74. The van der Waals surface area contributed by atoms with Crippen LogP contribution in [0.15, 0.2) is 16.9 Å². The molecule has 0 N–H and O–H groups in total. The van der Waals surface area contributed by atoms with Crippen LogP contribution in [0.5, 0.6) is 0 Å². The highest BCUT2D eigenvalue weighted by molar-refractivity contribution is 5.84. The number of imidazole rings is 1. The Kier molecular flexibility index (Phi) is 4.97. The van der Waals surface area contributed by atoms with Gasteiger partial charge in [-0.05, 0) is 33.6 Å². The van der Waals surface area contributed by atoms with Gasteiger partial charge in [0.15, 0.2) is 0 Å². The number of carbonyl (C=O) groups excluding carboxylic acids is 1. The molecule has 1 aliphatic heterocycles. The summed E-state index contributed by atoms with van der Waals surface area (Å²) in [4.78, 5) is 19.6. The van der Waals surface area contributed by atoms with Crippen LogP contribution in [0.3, 0.4) is 0 Å². The van der Waals surface area contributed by atoms with Crippen molar-refractivity contribution in [1.29, 1.82) is 0 Å². The molecule has 136 valence electrons. The van der Waals surface area contributed by atoms with Gasteiger partial charge in [0, 0.05) is 37.0 Å². The first kappa shape index (κ1) is 17.7. The van der Waals surface area contributed by atoms with Gasteiger partial charge < -0.3 is 14.0 Å². The van der Waals surface area contributed by atoms with Crippen molar-refractivity contribution < 1.29 is 9.32 Å². The number of aryl methyl sites for hydroxylation is 2. The minimum absolute atomic E-state index is 0.158. The second-order valence-corrected chi connectivity index (χ2v) is 7.39. The quantitative estimate of drug-likeness (QED) is 0.850. The van der Waals surface area contributed by atoms with Gasteiger partial charge in [0.25, 0.3) is 0 Å². The highest BCUT2D eigenvalue weighted by Gasteiger charge is 2.31. The molecule has 1 fully saturated rings. The van der Waals surface area contributed by atoms with Gasteiger partial charge in [-0.1, -0.05) is 19.0 Å². The molecule has 0 aliphatic carbocycles. The van der Waals surface area contributed by atoms with Crippen LogP contribution in [-0.4, -0.2) is 38.6 Å². The maximum absolute atomic E-state index is 13.1. The summed E-state index contributed by atoms with van der Waals surface area (Å²) in [5, 5.41) is 3.99. The summed E-state index contributed by atoms with van der Waals surface area (Å²) in [7, 11) is 0. The van der Waals surface area contributed by atoms with E-state index in [1.54, 1.807) is 0 Å². The Morgan fingerprint density at radius 1 is 1.32 bits per heavy atom. The minimum Gasteiger partial charge on any atom is -0.361 e. The van der Waals surface area contributed by atoms with E-state index in [0.717, 1.165) is 48.8 Å². The molecule has 2 atom stereocenters. The maximum atomic E-state index is 13.1. The molecule has 0 aromatic carbocycles. The third-order valence-corrected chi connectivity index (χ3v) is 5.21. The molecule has 25 heavy (non-hydrogen) atoms. The summed E-state index contributed by atoms with van der Waals surface area (Å²) in [5.74, 6) is 2.15. The molecule has 3 heterocycles. The van der Waals surface area contributed by atoms with Gasteiger partial charge in [-0.15, -0.1) is 0 Å². The minimum atomic E-state index is -0.225. The van der Waals surface area contributed by atoms with E-state index in [9.17, 15) is 4.79 Å². The molecule has 6 nitrogen and oxygen atoms in total. The molecule has 0 bridgehead atoms. The van der Waals surface area contributed by atoms with Crippen LogP contribution in [0.25, 0.3) is 0 Å². The monoisotopic (exact) mass is 344 g/mol.